The third-order valence-electron chi connectivity index (χ3n) is 5.30. The van der Waals surface area contributed by atoms with Crippen molar-refractivity contribution in [3.05, 3.63) is 29.8 Å². The van der Waals surface area contributed by atoms with Crippen molar-refractivity contribution in [2.45, 2.75) is 37.7 Å². The van der Waals surface area contributed by atoms with Crippen LogP contribution in [0.3, 0.4) is 0 Å². The van der Waals surface area contributed by atoms with Crippen LogP contribution in [0, 0.1) is 24.7 Å². The van der Waals surface area contributed by atoms with E-state index in [0.29, 0.717) is 19.4 Å². The van der Waals surface area contributed by atoms with Crippen molar-refractivity contribution in [2.24, 2.45) is 17.8 Å². The predicted molar refractivity (Wildman–Crippen MR) is 92.3 cm³/mol. The van der Waals surface area contributed by atoms with E-state index in [1.54, 1.807) is 31.2 Å². The molecule has 2 bridgehead atoms. The second-order valence-electron chi connectivity index (χ2n) is 7.07. The normalized spacial score (nSPS) is 30.0. The van der Waals surface area contributed by atoms with Crippen LogP contribution in [0.2, 0.25) is 0 Å². The van der Waals surface area contributed by atoms with Gasteiger partial charge in [0, 0.05) is 13.1 Å². The topological polar surface area (TPSA) is 83.9 Å². The molecule has 2 unspecified atom stereocenters. The van der Waals surface area contributed by atoms with E-state index < -0.39 is 16.1 Å². The maximum Gasteiger partial charge on any atom is 0.308 e. The molecule has 1 heterocycles. The van der Waals surface area contributed by atoms with E-state index in [9.17, 15) is 18.3 Å². The number of aliphatic hydroxyl groups excluding tert-OH is 1. The summed E-state index contributed by atoms with van der Waals surface area (Å²) in [6.07, 6.45) is 0.377. The number of benzene rings is 1. The Hall–Kier alpha value is -1.44. The molecule has 25 heavy (non-hydrogen) atoms. The van der Waals surface area contributed by atoms with Crippen LogP contribution in [0.5, 0.6) is 0 Å². The number of aryl methyl sites for hydroxylation is 1. The Morgan fingerprint density at radius 3 is 2.28 bits per heavy atom. The predicted octanol–water partition coefficient (Wildman–Crippen LogP) is 1.57. The third kappa shape index (κ3) is 3.59. The highest BCUT2D eigenvalue weighted by molar-refractivity contribution is 7.89. The van der Waals surface area contributed by atoms with Gasteiger partial charge in [-0.2, -0.15) is 4.31 Å². The van der Waals surface area contributed by atoms with Gasteiger partial charge in [-0.15, -0.1) is 0 Å². The fourth-order valence-corrected chi connectivity index (χ4v) is 5.52. The minimum absolute atomic E-state index is 0.234. The number of rotatable bonds is 4. The van der Waals surface area contributed by atoms with Crippen LogP contribution < -0.4 is 0 Å². The molecule has 1 aliphatic carbocycles. The van der Waals surface area contributed by atoms with Crippen molar-refractivity contribution in [1.29, 1.82) is 0 Å². The Labute approximate surface area is 148 Å². The van der Waals surface area contributed by atoms with E-state index in [0.717, 1.165) is 5.56 Å². The number of sulfonamides is 1. The van der Waals surface area contributed by atoms with Gasteiger partial charge in [0.05, 0.1) is 23.5 Å². The first-order chi connectivity index (χ1) is 11.8. The molecule has 1 aromatic rings. The van der Waals surface area contributed by atoms with Crippen LogP contribution in [0.25, 0.3) is 0 Å². The number of ether oxygens (including phenoxy) is 1. The Kier molecular flexibility index (Phi) is 5.18. The quantitative estimate of drug-likeness (QED) is 0.817. The summed E-state index contributed by atoms with van der Waals surface area (Å²) in [7, 11) is -3.59. The van der Waals surface area contributed by atoms with Crippen LogP contribution in [-0.4, -0.2) is 49.6 Å². The number of carbonyl (C=O) groups is 1. The zero-order chi connectivity index (χ0) is 18.2. The Morgan fingerprint density at radius 1 is 1.20 bits per heavy atom. The van der Waals surface area contributed by atoms with Crippen molar-refractivity contribution >= 4 is 16.0 Å². The molecule has 1 saturated carbocycles. The summed E-state index contributed by atoms with van der Waals surface area (Å²) >= 11 is 0. The summed E-state index contributed by atoms with van der Waals surface area (Å²) in [6.45, 7) is 4.49. The van der Waals surface area contributed by atoms with Gasteiger partial charge >= 0.3 is 5.97 Å². The lowest BCUT2D eigenvalue weighted by atomic mass is 9.71. The standard InChI is InChI=1S/C18H25NO5S/c1-3-24-18(21)13-8-14-10-19(11-15(9-13)17(14)20)25(22,23)16-6-4-12(2)5-7-16/h4-7,13-15,17,20H,3,8-11H2,1-2H3. The zero-order valence-corrected chi connectivity index (χ0v) is 15.4. The highest BCUT2D eigenvalue weighted by atomic mass is 32.2. The average molecular weight is 367 g/mol. The molecule has 1 saturated heterocycles. The molecule has 0 aromatic heterocycles. The molecule has 1 N–H and O–H groups in total. The van der Waals surface area contributed by atoms with Gasteiger partial charge in [0.25, 0.3) is 0 Å². The Balaban J connectivity index is 1.78. The molecule has 7 heteroatoms. The lowest BCUT2D eigenvalue weighted by Gasteiger charge is -2.46. The van der Waals surface area contributed by atoms with Crippen LogP contribution in [-0.2, 0) is 19.6 Å². The fourth-order valence-electron chi connectivity index (χ4n) is 3.96. The number of aliphatic hydroxyl groups is 1. The second-order valence-corrected chi connectivity index (χ2v) is 9.00. The van der Waals surface area contributed by atoms with Gasteiger partial charge in [0.2, 0.25) is 10.0 Å². The van der Waals surface area contributed by atoms with E-state index in [-0.39, 0.29) is 41.7 Å². The van der Waals surface area contributed by atoms with Crippen LogP contribution in [0.4, 0.5) is 0 Å². The van der Waals surface area contributed by atoms with Crippen LogP contribution in [0.15, 0.2) is 29.2 Å². The monoisotopic (exact) mass is 367 g/mol. The van der Waals surface area contributed by atoms with Crippen molar-refractivity contribution in [3.63, 3.8) is 0 Å². The van der Waals surface area contributed by atoms with Crippen LogP contribution in [0.1, 0.15) is 25.3 Å². The van der Waals surface area contributed by atoms with E-state index in [2.05, 4.69) is 0 Å². The smallest absolute Gasteiger partial charge is 0.308 e. The summed E-state index contributed by atoms with van der Waals surface area (Å²) < 4.78 is 32.4. The van der Waals surface area contributed by atoms with E-state index in [1.807, 2.05) is 6.92 Å². The number of nitrogens with zero attached hydrogens (tertiary/aromatic N) is 1. The van der Waals surface area contributed by atoms with Crippen molar-refractivity contribution in [3.8, 4) is 0 Å². The fraction of sp³-hybridized carbons (Fsp3) is 0.611. The first-order valence-electron chi connectivity index (χ1n) is 8.74. The van der Waals surface area contributed by atoms with Crippen molar-refractivity contribution in [2.75, 3.05) is 19.7 Å². The molecule has 3 rings (SSSR count). The van der Waals surface area contributed by atoms with Gasteiger partial charge in [-0.05, 0) is 50.7 Å². The number of fused-ring (bicyclic) bond motifs is 2. The summed E-state index contributed by atoms with van der Waals surface area (Å²) in [5.41, 5.74) is 1.00. The van der Waals surface area contributed by atoms with Crippen molar-refractivity contribution in [1.82, 2.24) is 4.31 Å². The van der Waals surface area contributed by atoms with Gasteiger partial charge in [-0.3, -0.25) is 4.79 Å². The molecule has 6 nitrogen and oxygen atoms in total. The number of hydrogen-bond acceptors (Lipinski definition) is 5. The molecule has 2 fully saturated rings. The third-order valence-corrected chi connectivity index (χ3v) is 7.14. The Morgan fingerprint density at radius 2 is 1.76 bits per heavy atom. The molecule has 2 atom stereocenters. The largest absolute Gasteiger partial charge is 0.466 e. The molecular weight excluding hydrogens is 342 g/mol. The lowest BCUT2D eigenvalue weighted by Crippen LogP contribution is -2.55. The van der Waals surface area contributed by atoms with Crippen molar-refractivity contribution < 1.29 is 23.1 Å². The van der Waals surface area contributed by atoms with E-state index in [1.165, 1.54) is 4.31 Å². The maximum absolute atomic E-state index is 12.9. The summed E-state index contributed by atoms with van der Waals surface area (Å²) in [5, 5.41) is 10.4. The first kappa shape index (κ1) is 18.4. The van der Waals surface area contributed by atoms with Gasteiger partial charge in [-0.1, -0.05) is 17.7 Å². The van der Waals surface area contributed by atoms with Gasteiger partial charge < -0.3 is 9.84 Å². The molecule has 0 amide bonds. The summed E-state index contributed by atoms with van der Waals surface area (Å²) in [5.74, 6) is -0.953. The maximum atomic E-state index is 12.9. The van der Waals surface area contributed by atoms with Gasteiger partial charge in [-0.25, -0.2) is 8.42 Å². The first-order valence-corrected chi connectivity index (χ1v) is 10.2. The summed E-state index contributed by atoms with van der Waals surface area (Å²) in [6, 6.07) is 6.80. The molecule has 1 aliphatic heterocycles. The SMILES string of the molecule is CCOC(=O)C1CC2CN(S(=O)(=O)c3ccc(C)cc3)CC(C1)C2O. The lowest BCUT2D eigenvalue weighted by molar-refractivity contribution is -0.154. The molecular formula is C18H25NO5S. The average Bonchev–Trinajstić information content (AvgIpc) is 2.55. The highest BCUT2D eigenvalue weighted by Gasteiger charge is 2.47. The van der Waals surface area contributed by atoms with Gasteiger partial charge in [0.15, 0.2) is 0 Å². The Bertz CT molecular complexity index is 714. The molecule has 2 aliphatic rings. The molecule has 0 radical (unpaired) electrons. The highest BCUT2D eigenvalue weighted by Crippen LogP contribution is 2.40. The molecule has 0 spiro atoms. The second kappa shape index (κ2) is 7.05. The minimum atomic E-state index is -3.59. The molecule has 1 aromatic carbocycles. The summed E-state index contributed by atoms with van der Waals surface area (Å²) in [4.78, 5) is 12.3. The number of esters is 1. The van der Waals surface area contributed by atoms with Crippen LogP contribution >= 0.6 is 0 Å². The minimum Gasteiger partial charge on any atom is -0.466 e. The number of carbonyl (C=O) groups excluding carboxylic acids is 1. The number of hydrogen-bond donors (Lipinski definition) is 1. The van der Waals surface area contributed by atoms with E-state index in [4.69, 9.17) is 4.74 Å². The van der Waals surface area contributed by atoms with Gasteiger partial charge in [0.1, 0.15) is 0 Å². The van der Waals surface area contributed by atoms with E-state index >= 15 is 0 Å². The number of piperidine rings is 1. The zero-order valence-electron chi connectivity index (χ0n) is 14.6. The molecule has 138 valence electrons.